The fourth-order valence-electron chi connectivity index (χ4n) is 1.80. The zero-order valence-electron chi connectivity index (χ0n) is 9.53. The zero-order valence-corrected chi connectivity index (χ0v) is 11.1. The molecule has 0 bridgehead atoms. The molecule has 2 heteroatoms. The normalized spacial score (nSPS) is 12.7. The Balaban J connectivity index is 2.47. The topological polar surface area (TPSA) is 9.23 Å². The summed E-state index contributed by atoms with van der Waals surface area (Å²) in [6, 6.07) is 12.7. The molecule has 84 valence electrons. The molecular formula is C14H15BrO. The molecule has 2 aromatic carbocycles. The summed E-state index contributed by atoms with van der Waals surface area (Å²) in [7, 11) is 1.70. The van der Waals surface area contributed by atoms with Gasteiger partial charge in [-0.25, -0.2) is 0 Å². The smallest absolute Gasteiger partial charge is 0.119 e. The highest BCUT2D eigenvalue weighted by atomic mass is 79.9. The van der Waals surface area contributed by atoms with Gasteiger partial charge >= 0.3 is 0 Å². The van der Waals surface area contributed by atoms with E-state index in [-0.39, 0.29) is 0 Å². The van der Waals surface area contributed by atoms with Crippen molar-refractivity contribution in [1.82, 2.24) is 0 Å². The number of benzene rings is 2. The van der Waals surface area contributed by atoms with E-state index < -0.39 is 0 Å². The second-order valence-corrected chi connectivity index (χ2v) is 4.95. The molecule has 0 aliphatic heterocycles. The highest BCUT2D eigenvalue weighted by molar-refractivity contribution is 9.09. The van der Waals surface area contributed by atoms with Crippen LogP contribution in [0, 0.1) is 0 Å². The standard InChI is InChI=1S/C14H15BrO/c1-3-14(15)12-5-4-11-9-13(16-2)7-6-10(11)8-12/h4-9,14H,3H2,1-2H3. The molecule has 0 N–H and O–H groups in total. The molecule has 0 aromatic heterocycles. The first-order chi connectivity index (χ1) is 7.74. The van der Waals surface area contributed by atoms with Crippen molar-refractivity contribution in [3.8, 4) is 5.75 Å². The molecule has 16 heavy (non-hydrogen) atoms. The van der Waals surface area contributed by atoms with Crippen molar-refractivity contribution >= 4 is 26.7 Å². The summed E-state index contributed by atoms with van der Waals surface area (Å²) in [5.74, 6) is 0.908. The van der Waals surface area contributed by atoms with Crippen LogP contribution in [-0.4, -0.2) is 7.11 Å². The first-order valence-electron chi connectivity index (χ1n) is 5.46. The maximum Gasteiger partial charge on any atom is 0.119 e. The number of halogens is 1. The fourth-order valence-corrected chi connectivity index (χ4v) is 2.08. The second kappa shape index (κ2) is 4.88. The number of fused-ring (bicyclic) bond motifs is 1. The van der Waals surface area contributed by atoms with E-state index in [9.17, 15) is 0 Å². The van der Waals surface area contributed by atoms with Crippen LogP contribution >= 0.6 is 15.9 Å². The quantitative estimate of drug-likeness (QED) is 0.740. The van der Waals surface area contributed by atoms with Gasteiger partial charge in [-0.2, -0.15) is 0 Å². The van der Waals surface area contributed by atoms with Gasteiger partial charge in [0.2, 0.25) is 0 Å². The van der Waals surface area contributed by atoms with Crippen molar-refractivity contribution in [2.24, 2.45) is 0 Å². The Bertz CT molecular complexity index is 493. The molecular weight excluding hydrogens is 264 g/mol. The van der Waals surface area contributed by atoms with Gasteiger partial charge in [0.15, 0.2) is 0 Å². The molecule has 0 spiro atoms. The molecule has 0 aliphatic carbocycles. The summed E-state index contributed by atoms with van der Waals surface area (Å²) in [6.45, 7) is 2.18. The Kier molecular flexibility index (Phi) is 3.49. The van der Waals surface area contributed by atoms with E-state index in [4.69, 9.17) is 4.74 Å². The van der Waals surface area contributed by atoms with Gasteiger partial charge in [0.1, 0.15) is 5.75 Å². The van der Waals surface area contributed by atoms with Gasteiger partial charge in [-0.05, 0) is 34.9 Å². The summed E-state index contributed by atoms with van der Waals surface area (Å²) < 4.78 is 5.21. The molecule has 0 saturated carbocycles. The minimum atomic E-state index is 0.444. The number of rotatable bonds is 3. The van der Waals surface area contributed by atoms with E-state index in [0.717, 1.165) is 12.2 Å². The van der Waals surface area contributed by atoms with E-state index in [1.165, 1.54) is 16.3 Å². The lowest BCUT2D eigenvalue weighted by molar-refractivity contribution is 0.415. The first-order valence-corrected chi connectivity index (χ1v) is 6.38. The largest absolute Gasteiger partial charge is 0.497 e. The lowest BCUT2D eigenvalue weighted by atomic mass is 10.0. The van der Waals surface area contributed by atoms with Crippen molar-refractivity contribution < 1.29 is 4.74 Å². The van der Waals surface area contributed by atoms with Crippen LogP contribution in [0.3, 0.4) is 0 Å². The van der Waals surface area contributed by atoms with Crippen molar-refractivity contribution in [2.75, 3.05) is 7.11 Å². The van der Waals surface area contributed by atoms with E-state index >= 15 is 0 Å². The van der Waals surface area contributed by atoms with Gasteiger partial charge in [-0.15, -0.1) is 0 Å². The van der Waals surface area contributed by atoms with Gasteiger partial charge in [-0.3, -0.25) is 0 Å². The highest BCUT2D eigenvalue weighted by Crippen LogP contribution is 2.29. The molecule has 1 atom stereocenters. The molecule has 2 aromatic rings. The minimum absolute atomic E-state index is 0.444. The van der Waals surface area contributed by atoms with E-state index in [1.54, 1.807) is 7.11 Å². The number of hydrogen-bond acceptors (Lipinski definition) is 1. The van der Waals surface area contributed by atoms with E-state index in [0.29, 0.717) is 4.83 Å². The van der Waals surface area contributed by atoms with E-state index in [1.807, 2.05) is 6.07 Å². The van der Waals surface area contributed by atoms with Crippen molar-refractivity contribution in [2.45, 2.75) is 18.2 Å². The molecule has 0 fully saturated rings. The van der Waals surface area contributed by atoms with Crippen LogP contribution in [0.15, 0.2) is 36.4 Å². The molecule has 1 unspecified atom stereocenters. The summed E-state index contributed by atoms with van der Waals surface area (Å²) in [5.41, 5.74) is 1.33. The van der Waals surface area contributed by atoms with Gasteiger partial charge in [0.25, 0.3) is 0 Å². The molecule has 0 aliphatic rings. The number of ether oxygens (including phenoxy) is 1. The summed E-state index contributed by atoms with van der Waals surface area (Å²) >= 11 is 3.67. The first kappa shape index (κ1) is 11.5. The van der Waals surface area contributed by atoms with Crippen LogP contribution in [0.2, 0.25) is 0 Å². The van der Waals surface area contributed by atoms with Gasteiger partial charge in [0.05, 0.1) is 7.11 Å². The number of methoxy groups -OCH3 is 1. The number of alkyl halides is 1. The molecule has 2 rings (SSSR count). The van der Waals surface area contributed by atoms with Crippen molar-refractivity contribution in [1.29, 1.82) is 0 Å². The van der Waals surface area contributed by atoms with Gasteiger partial charge in [0, 0.05) is 4.83 Å². The second-order valence-electron chi connectivity index (χ2n) is 3.85. The fraction of sp³-hybridized carbons (Fsp3) is 0.286. The van der Waals surface area contributed by atoms with Gasteiger partial charge in [-0.1, -0.05) is 47.1 Å². The third kappa shape index (κ3) is 2.22. The summed E-state index contributed by atoms with van der Waals surface area (Å²) in [5, 5.41) is 2.48. The third-order valence-corrected chi connectivity index (χ3v) is 3.97. The van der Waals surface area contributed by atoms with E-state index in [2.05, 4.69) is 53.2 Å². The average molecular weight is 279 g/mol. The van der Waals surface area contributed by atoms with Crippen LogP contribution in [0.4, 0.5) is 0 Å². The molecule has 0 amide bonds. The summed E-state index contributed by atoms with van der Waals surface area (Å²) in [6.07, 6.45) is 1.10. The Morgan fingerprint density at radius 3 is 2.50 bits per heavy atom. The Morgan fingerprint density at radius 2 is 1.81 bits per heavy atom. The maximum atomic E-state index is 5.21. The van der Waals surface area contributed by atoms with Crippen molar-refractivity contribution in [3.63, 3.8) is 0 Å². The third-order valence-electron chi connectivity index (χ3n) is 2.79. The van der Waals surface area contributed by atoms with Crippen LogP contribution < -0.4 is 4.74 Å². The summed E-state index contributed by atoms with van der Waals surface area (Å²) in [4.78, 5) is 0.444. The molecule has 0 heterocycles. The highest BCUT2D eigenvalue weighted by Gasteiger charge is 2.05. The minimum Gasteiger partial charge on any atom is -0.497 e. The predicted octanol–water partition coefficient (Wildman–Crippen LogP) is 4.69. The van der Waals surface area contributed by atoms with Crippen LogP contribution in [0.5, 0.6) is 5.75 Å². The molecule has 0 radical (unpaired) electrons. The molecule has 1 nitrogen and oxygen atoms in total. The Morgan fingerprint density at radius 1 is 1.12 bits per heavy atom. The Labute approximate surface area is 105 Å². The van der Waals surface area contributed by atoms with Gasteiger partial charge < -0.3 is 4.74 Å². The van der Waals surface area contributed by atoms with Crippen LogP contribution in [0.1, 0.15) is 23.7 Å². The zero-order chi connectivity index (χ0) is 11.5. The predicted molar refractivity (Wildman–Crippen MR) is 72.5 cm³/mol. The van der Waals surface area contributed by atoms with Crippen molar-refractivity contribution in [3.05, 3.63) is 42.0 Å². The number of hydrogen-bond donors (Lipinski definition) is 0. The average Bonchev–Trinajstić information content (AvgIpc) is 2.36. The van der Waals surface area contributed by atoms with Crippen LogP contribution in [-0.2, 0) is 0 Å². The molecule has 0 saturated heterocycles. The Hall–Kier alpha value is -1.02. The monoisotopic (exact) mass is 278 g/mol. The maximum absolute atomic E-state index is 5.21. The lowest BCUT2D eigenvalue weighted by Crippen LogP contribution is -1.88. The van der Waals surface area contributed by atoms with Crippen LogP contribution in [0.25, 0.3) is 10.8 Å². The lowest BCUT2D eigenvalue weighted by Gasteiger charge is -2.09. The SMILES string of the molecule is CCC(Br)c1ccc2cc(OC)ccc2c1.